The summed E-state index contributed by atoms with van der Waals surface area (Å²) in [4.78, 5) is 28.0. The summed E-state index contributed by atoms with van der Waals surface area (Å²) in [5, 5.41) is 0. The summed E-state index contributed by atoms with van der Waals surface area (Å²) in [6.45, 7) is 5.84. The molecule has 0 N–H and O–H groups in total. The molecule has 2 aliphatic rings. The van der Waals surface area contributed by atoms with Gasteiger partial charge >= 0.3 is 6.09 Å². The minimum absolute atomic E-state index is 0.0695. The molecule has 0 unspecified atom stereocenters. The van der Waals surface area contributed by atoms with Gasteiger partial charge in [-0.15, -0.1) is 0 Å². The van der Waals surface area contributed by atoms with Gasteiger partial charge in [0.25, 0.3) is 0 Å². The first kappa shape index (κ1) is 15.6. The number of hydrogen-bond donors (Lipinski definition) is 0. The normalized spacial score (nSPS) is 21.8. The predicted molar refractivity (Wildman–Crippen MR) is 86.4 cm³/mol. The summed E-state index contributed by atoms with van der Waals surface area (Å²) in [5.74, 6) is 0.357. The first-order valence-corrected chi connectivity index (χ1v) is 8.03. The molecule has 5 heteroatoms. The van der Waals surface area contributed by atoms with E-state index in [0.29, 0.717) is 12.3 Å². The molecule has 2 saturated heterocycles. The summed E-state index contributed by atoms with van der Waals surface area (Å²) in [6.07, 6.45) is 3.16. The molecule has 0 aliphatic carbocycles. The highest BCUT2D eigenvalue weighted by atomic mass is 16.6. The van der Waals surface area contributed by atoms with E-state index in [4.69, 9.17) is 4.74 Å². The van der Waals surface area contributed by atoms with Gasteiger partial charge in [0, 0.05) is 19.2 Å². The highest BCUT2D eigenvalue weighted by molar-refractivity contribution is 5.90. The van der Waals surface area contributed by atoms with Crippen molar-refractivity contribution in [1.29, 1.82) is 0 Å². The van der Waals surface area contributed by atoms with Crippen molar-refractivity contribution in [2.75, 3.05) is 13.1 Å². The minimum Gasteiger partial charge on any atom is -0.412 e. The number of benzene rings is 1. The number of rotatable bonds is 3. The van der Waals surface area contributed by atoms with Crippen LogP contribution in [0.1, 0.15) is 32.3 Å². The van der Waals surface area contributed by atoms with Crippen LogP contribution in [0.2, 0.25) is 0 Å². The third-order valence-corrected chi connectivity index (χ3v) is 4.55. The Morgan fingerprint density at radius 3 is 2.52 bits per heavy atom. The lowest BCUT2D eigenvalue weighted by molar-refractivity contribution is -0.125. The number of ether oxygens (including phenoxy) is 1. The second kappa shape index (κ2) is 6.07. The smallest absolute Gasteiger partial charge is 0.412 e. The van der Waals surface area contributed by atoms with Crippen molar-refractivity contribution in [2.45, 2.75) is 38.8 Å². The number of cyclic esters (lactones) is 1. The first-order chi connectivity index (χ1) is 11.0. The average molecular weight is 314 g/mol. The van der Waals surface area contributed by atoms with Gasteiger partial charge in [-0.05, 0) is 32.3 Å². The van der Waals surface area contributed by atoms with Crippen molar-refractivity contribution < 1.29 is 14.3 Å². The SMILES string of the molecule is CC1(C)/C(=C/C(=O)N2CCCC2)OC(=O)N1Cc1ccccc1. The molecule has 0 saturated carbocycles. The van der Waals surface area contributed by atoms with E-state index in [0.717, 1.165) is 31.5 Å². The van der Waals surface area contributed by atoms with Crippen molar-refractivity contribution in [3.05, 3.63) is 47.7 Å². The van der Waals surface area contributed by atoms with Crippen LogP contribution in [-0.2, 0) is 16.1 Å². The molecule has 2 amide bonds. The first-order valence-electron chi connectivity index (χ1n) is 8.03. The summed E-state index contributed by atoms with van der Waals surface area (Å²) in [7, 11) is 0. The van der Waals surface area contributed by atoms with E-state index >= 15 is 0 Å². The van der Waals surface area contributed by atoms with Crippen LogP contribution >= 0.6 is 0 Å². The fourth-order valence-corrected chi connectivity index (χ4v) is 3.01. The van der Waals surface area contributed by atoms with Gasteiger partial charge in [-0.1, -0.05) is 30.3 Å². The zero-order chi connectivity index (χ0) is 16.4. The van der Waals surface area contributed by atoms with Crippen molar-refractivity contribution in [3.63, 3.8) is 0 Å². The molecule has 1 aromatic rings. The molecular weight excluding hydrogens is 292 g/mol. The summed E-state index contributed by atoms with van der Waals surface area (Å²) < 4.78 is 5.39. The average Bonchev–Trinajstić information content (AvgIpc) is 3.12. The van der Waals surface area contributed by atoms with E-state index in [-0.39, 0.29) is 5.91 Å². The predicted octanol–water partition coefficient (Wildman–Crippen LogP) is 2.92. The molecule has 5 nitrogen and oxygen atoms in total. The van der Waals surface area contributed by atoms with Crippen LogP contribution in [0.4, 0.5) is 4.79 Å². The van der Waals surface area contributed by atoms with E-state index in [1.807, 2.05) is 44.2 Å². The van der Waals surface area contributed by atoms with Crippen LogP contribution in [0.3, 0.4) is 0 Å². The molecule has 0 aromatic heterocycles. The van der Waals surface area contributed by atoms with Gasteiger partial charge in [0.05, 0.1) is 12.1 Å². The lowest BCUT2D eigenvalue weighted by Gasteiger charge is -2.28. The monoisotopic (exact) mass is 314 g/mol. The third kappa shape index (κ3) is 3.09. The third-order valence-electron chi connectivity index (χ3n) is 4.55. The Hall–Kier alpha value is -2.30. The van der Waals surface area contributed by atoms with E-state index in [1.165, 1.54) is 6.08 Å². The Morgan fingerprint density at radius 1 is 1.22 bits per heavy atom. The van der Waals surface area contributed by atoms with E-state index in [1.54, 1.807) is 9.80 Å². The molecule has 23 heavy (non-hydrogen) atoms. The lowest BCUT2D eigenvalue weighted by atomic mass is 10.00. The number of carbonyl (C=O) groups excluding carboxylic acids is 2. The van der Waals surface area contributed by atoms with Crippen LogP contribution in [-0.4, -0.2) is 40.4 Å². The molecule has 2 fully saturated rings. The Morgan fingerprint density at radius 2 is 1.87 bits per heavy atom. The molecule has 0 atom stereocenters. The van der Waals surface area contributed by atoms with Crippen LogP contribution in [0.15, 0.2) is 42.2 Å². The zero-order valence-corrected chi connectivity index (χ0v) is 13.6. The van der Waals surface area contributed by atoms with Gasteiger partial charge in [-0.25, -0.2) is 4.79 Å². The lowest BCUT2D eigenvalue weighted by Crippen LogP contribution is -2.41. The highest BCUT2D eigenvalue weighted by Gasteiger charge is 2.45. The van der Waals surface area contributed by atoms with Crippen molar-refractivity contribution >= 4 is 12.0 Å². The van der Waals surface area contributed by atoms with Crippen LogP contribution in [0.25, 0.3) is 0 Å². The number of nitrogens with zero attached hydrogens (tertiary/aromatic N) is 2. The van der Waals surface area contributed by atoms with Crippen molar-refractivity contribution in [1.82, 2.24) is 9.80 Å². The number of likely N-dealkylation sites (tertiary alicyclic amines) is 1. The maximum absolute atomic E-state index is 12.3. The zero-order valence-electron chi connectivity index (χ0n) is 13.6. The molecule has 1 aromatic carbocycles. The second-order valence-electron chi connectivity index (χ2n) is 6.54. The molecule has 0 radical (unpaired) electrons. The maximum atomic E-state index is 12.3. The van der Waals surface area contributed by atoms with Gasteiger partial charge in [0.2, 0.25) is 5.91 Å². The fourth-order valence-electron chi connectivity index (χ4n) is 3.01. The fraction of sp³-hybridized carbons (Fsp3) is 0.444. The Labute approximate surface area is 136 Å². The van der Waals surface area contributed by atoms with Gasteiger partial charge < -0.3 is 9.64 Å². The topological polar surface area (TPSA) is 49.9 Å². The van der Waals surface area contributed by atoms with Gasteiger partial charge in [0.15, 0.2) is 0 Å². The minimum atomic E-state index is -0.637. The standard InChI is InChI=1S/C18H22N2O3/c1-18(2)15(12-16(21)19-10-6-7-11-19)23-17(22)20(18)13-14-8-4-3-5-9-14/h3-5,8-9,12H,6-7,10-11,13H2,1-2H3/b15-12-. The summed E-state index contributed by atoms with van der Waals surface area (Å²) in [6, 6.07) is 9.77. The Kier molecular flexibility index (Phi) is 4.11. The van der Waals surface area contributed by atoms with Gasteiger partial charge in [0.1, 0.15) is 5.76 Å². The molecule has 0 bridgehead atoms. The molecular formula is C18H22N2O3. The van der Waals surface area contributed by atoms with Crippen LogP contribution < -0.4 is 0 Å². The molecule has 2 aliphatic heterocycles. The Bertz CT molecular complexity index is 631. The number of amides is 2. The quantitative estimate of drug-likeness (QED) is 0.806. The van der Waals surface area contributed by atoms with Crippen molar-refractivity contribution in [2.24, 2.45) is 0 Å². The van der Waals surface area contributed by atoms with Gasteiger partial charge in [-0.3, -0.25) is 9.69 Å². The Balaban J connectivity index is 1.79. The van der Waals surface area contributed by atoms with E-state index in [9.17, 15) is 9.59 Å². The van der Waals surface area contributed by atoms with E-state index in [2.05, 4.69) is 0 Å². The molecule has 3 rings (SSSR count). The van der Waals surface area contributed by atoms with E-state index < -0.39 is 11.6 Å². The largest absolute Gasteiger partial charge is 0.416 e. The van der Waals surface area contributed by atoms with Crippen LogP contribution in [0.5, 0.6) is 0 Å². The maximum Gasteiger partial charge on any atom is 0.416 e. The van der Waals surface area contributed by atoms with Gasteiger partial charge in [-0.2, -0.15) is 0 Å². The summed E-state index contributed by atoms with van der Waals surface area (Å²) >= 11 is 0. The molecule has 122 valence electrons. The second-order valence-corrected chi connectivity index (χ2v) is 6.54. The number of hydrogen-bond acceptors (Lipinski definition) is 3. The van der Waals surface area contributed by atoms with Crippen molar-refractivity contribution in [3.8, 4) is 0 Å². The molecule has 2 heterocycles. The van der Waals surface area contributed by atoms with Crippen LogP contribution in [0, 0.1) is 0 Å². The summed E-state index contributed by atoms with van der Waals surface area (Å²) in [5.41, 5.74) is 0.395. The molecule has 0 spiro atoms. The number of carbonyl (C=O) groups is 2. The highest BCUT2D eigenvalue weighted by Crippen LogP contribution is 2.34.